The maximum Gasteiger partial charge on any atom is 0.123 e. The lowest BCUT2D eigenvalue weighted by Gasteiger charge is -2.31. The largest absolute Gasteiger partial charge is 0.396 e. The molecule has 3 atom stereocenters. The molecule has 0 aromatic heterocycles. The van der Waals surface area contributed by atoms with Crippen molar-refractivity contribution in [3.05, 3.63) is 70.5 Å². The van der Waals surface area contributed by atoms with Crippen LogP contribution in [0.4, 0.5) is 4.39 Å². The summed E-state index contributed by atoms with van der Waals surface area (Å²) < 4.78 is 13.9. The zero-order valence-corrected chi connectivity index (χ0v) is 16.2. The van der Waals surface area contributed by atoms with Crippen LogP contribution in [-0.2, 0) is 6.42 Å². The number of rotatable bonds is 7. The van der Waals surface area contributed by atoms with Gasteiger partial charge >= 0.3 is 0 Å². The fourth-order valence-electron chi connectivity index (χ4n) is 4.32. The molecule has 146 valence electrons. The number of aliphatic hydroxyl groups excluding tert-OH is 2. The molecule has 0 fully saturated rings. The smallest absolute Gasteiger partial charge is 0.123 e. The Labute approximate surface area is 161 Å². The van der Waals surface area contributed by atoms with Gasteiger partial charge in [0.15, 0.2) is 0 Å². The molecule has 0 aliphatic heterocycles. The van der Waals surface area contributed by atoms with E-state index >= 15 is 0 Å². The summed E-state index contributed by atoms with van der Waals surface area (Å²) in [6, 6.07) is 12.8. The van der Waals surface area contributed by atoms with E-state index in [0.717, 1.165) is 42.5 Å². The molecule has 0 amide bonds. The number of unbranched alkanes of at least 4 members (excludes halogenated alkanes) is 1. The summed E-state index contributed by atoms with van der Waals surface area (Å²) >= 11 is 0. The van der Waals surface area contributed by atoms with Gasteiger partial charge in [-0.15, -0.1) is 0 Å². The molecule has 2 N–H and O–H groups in total. The highest BCUT2D eigenvalue weighted by atomic mass is 19.1. The van der Waals surface area contributed by atoms with Crippen molar-refractivity contribution in [2.45, 2.75) is 37.7 Å². The van der Waals surface area contributed by atoms with Gasteiger partial charge < -0.3 is 15.1 Å². The Morgan fingerprint density at radius 1 is 1.07 bits per heavy atom. The monoisotopic (exact) mass is 371 g/mol. The van der Waals surface area contributed by atoms with E-state index in [2.05, 4.69) is 25.1 Å². The first-order valence-electron chi connectivity index (χ1n) is 9.81. The Kier molecular flexibility index (Phi) is 6.64. The average Bonchev–Trinajstić information content (AvgIpc) is 2.77. The third-order valence-corrected chi connectivity index (χ3v) is 5.73. The van der Waals surface area contributed by atoms with Crippen molar-refractivity contribution in [3.8, 4) is 0 Å². The van der Waals surface area contributed by atoms with Crippen LogP contribution in [0.2, 0.25) is 0 Å². The van der Waals surface area contributed by atoms with E-state index in [-0.39, 0.29) is 24.3 Å². The van der Waals surface area contributed by atoms with E-state index in [1.807, 2.05) is 18.2 Å². The van der Waals surface area contributed by atoms with Crippen molar-refractivity contribution in [3.63, 3.8) is 0 Å². The Hall–Kier alpha value is -1.75. The van der Waals surface area contributed by atoms with Gasteiger partial charge in [0.2, 0.25) is 0 Å². The summed E-state index contributed by atoms with van der Waals surface area (Å²) in [5.74, 6) is -0.616. The van der Waals surface area contributed by atoms with E-state index in [1.54, 1.807) is 6.07 Å². The third kappa shape index (κ3) is 4.57. The van der Waals surface area contributed by atoms with E-state index < -0.39 is 6.10 Å². The maximum atomic E-state index is 13.9. The zero-order valence-electron chi connectivity index (χ0n) is 16.2. The first-order valence-corrected chi connectivity index (χ1v) is 9.81. The second kappa shape index (κ2) is 8.96. The molecule has 4 heteroatoms. The molecule has 0 heterocycles. The van der Waals surface area contributed by atoms with Crippen molar-refractivity contribution in [1.82, 2.24) is 4.90 Å². The maximum absolute atomic E-state index is 13.9. The van der Waals surface area contributed by atoms with E-state index in [9.17, 15) is 14.6 Å². The number of benzene rings is 2. The summed E-state index contributed by atoms with van der Waals surface area (Å²) in [5, 5.41) is 21.4. The fourth-order valence-corrected chi connectivity index (χ4v) is 4.32. The third-order valence-electron chi connectivity index (χ3n) is 5.73. The summed E-state index contributed by atoms with van der Waals surface area (Å²) in [5.41, 5.74) is 3.85. The minimum atomic E-state index is -0.814. The molecule has 3 nitrogen and oxygen atoms in total. The van der Waals surface area contributed by atoms with Gasteiger partial charge in [-0.3, -0.25) is 0 Å². The molecule has 0 saturated heterocycles. The summed E-state index contributed by atoms with van der Waals surface area (Å²) in [6.07, 6.45) is 2.75. The second-order valence-corrected chi connectivity index (χ2v) is 7.93. The van der Waals surface area contributed by atoms with Crippen molar-refractivity contribution in [2.24, 2.45) is 5.92 Å². The van der Waals surface area contributed by atoms with Crippen molar-refractivity contribution in [1.29, 1.82) is 0 Å². The van der Waals surface area contributed by atoms with Crippen molar-refractivity contribution < 1.29 is 14.6 Å². The molecule has 0 radical (unpaired) electrons. The van der Waals surface area contributed by atoms with Gasteiger partial charge in [-0.2, -0.15) is 0 Å². The number of nitrogens with zero attached hydrogens (tertiary/aromatic N) is 1. The van der Waals surface area contributed by atoms with Crippen LogP contribution in [-0.4, -0.2) is 42.4 Å². The second-order valence-electron chi connectivity index (χ2n) is 7.93. The van der Waals surface area contributed by atoms with Gasteiger partial charge in [0, 0.05) is 12.5 Å². The van der Waals surface area contributed by atoms with Crippen LogP contribution in [0.3, 0.4) is 0 Å². The molecule has 1 aliphatic rings. The highest BCUT2D eigenvalue weighted by molar-refractivity contribution is 5.44. The molecule has 2 aromatic carbocycles. The minimum Gasteiger partial charge on any atom is -0.396 e. The van der Waals surface area contributed by atoms with Crippen molar-refractivity contribution >= 4 is 0 Å². The van der Waals surface area contributed by atoms with Crippen molar-refractivity contribution in [2.75, 3.05) is 27.2 Å². The molecular formula is C23H30FNO2. The average molecular weight is 371 g/mol. The lowest BCUT2D eigenvalue weighted by Crippen LogP contribution is -2.24. The quantitative estimate of drug-likeness (QED) is 0.726. The minimum absolute atomic E-state index is 0.0165. The van der Waals surface area contributed by atoms with Gasteiger partial charge in [-0.1, -0.05) is 36.8 Å². The highest BCUT2D eigenvalue weighted by Crippen LogP contribution is 2.44. The molecule has 1 aliphatic carbocycles. The molecule has 3 rings (SSSR count). The van der Waals surface area contributed by atoms with Crippen LogP contribution in [0, 0.1) is 11.7 Å². The number of hydrogen-bond donors (Lipinski definition) is 2. The van der Waals surface area contributed by atoms with Crippen LogP contribution < -0.4 is 0 Å². The molecule has 0 saturated carbocycles. The fraction of sp³-hybridized carbons (Fsp3) is 0.478. The molecular weight excluding hydrogens is 341 g/mol. The number of hydrogen-bond acceptors (Lipinski definition) is 3. The predicted octanol–water partition coefficient (Wildman–Crippen LogP) is 3.89. The van der Waals surface area contributed by atoms with Gasteiger partial charge in [-0.25, -0.2) is 4.39 Å². The lowest BCUT2D eigenvalue weighted by atomic mass is 9.77. The lowest BCUT2D eigenvalue weighted by molar-refractivity contribution is 0.0833. The van der Waals surface area contributed by atoms with Gasteiger partial charge in [0.05, 0.1) is 6.10 Å². The molecule has 0 spiro atoms. The van der Waals surface area contributed by atoms with Gasteiger partial charge in [-0.05, 0) is 80.2 Å². The van der Waals surface area contributed by atoms with Crippen LogP contribution in [0.15, 0.2) is 42.5 Å². The number of aliphatic hydroxyl groups is 2. The SMILES string of the molecule is CN(C)CCCCC(CO)[C@@H]1c2ccccc2Cc2ccc(F)cc2[C@@H]1O. The Morgan fingerprint density at radius 2 is 1.81 bits per heavy atom. The summed E-state index contributed by atoms with van der Waals surface area (Å²) in [7, 11) is 4.11. The van der Waals surface area contributed by atoms with Crippen LogP contribution in [0.1, 0.15) is 53.5 Å². The Morgan fingerprint density at radius 3 is 2.56 bits per heavy atom. The predicted molar refractivity (Wildman–Crippen MR) is 106 cm³/mol. The van der Waals surface area contributed by atoms with Crippen LogP contribution in [0.5, 0.6) is 0 Å². The summed E-state index contributed by atoms with van der Waals surface area (Å²) in [6.45, 7) is 1.03. The van der Waals surface area contributed by atoms with Gasteiger partial charge in [0.1, 0.15) is 5.82 Å². The molecule has 27 heavy (non-hydrogen) atoms. The first kappa shape index (κ1) is 20.0. The standard InChI is InChI=1S/C23H30FNO2/c1-25(2)12-6-5-8-18(15-26)22-20-9-4-3-7-16(20)13-17-10-11-19(24)14-21(17)23(22)27/h3-4,7,9-11,14,18,22-23,26-27H,5-6,8,12-13,15H2,1-2H3/t18?,22-,23+/m1/s1. The number of fused-ring (bicyclic) bond motifs is 2. The molecule has 2 aromatic rings. The zero-order chi connectivity index (χ0) is 19.4. The van der Waals surface area contributed by atoms with Crippen LogP contribution >= 0.6 is 0 Å². The van der Waals surface area contributed by atoms with E-state index in [4.69, 9.17) is 0 Å². The number of halogens is 1. The Balaban J connectivity index is 1.93. The summed E-state index contributed by atoms with van der Waals surface area (Å²) in [4.78, 5) is 2.16. The Bertz CT molecular complexity index is 762. The molecule has 1 unspecified atom stereocenters. The van der Waals surface area contributed by atoms with Crippen LogP contribution in [0.25, 0.3) is 0 Å². The van der Waals surface area contributed by atoms with E-state index in [1.165, 1.54) is 12.1 Å². The van der Waals surface area contributed by atoms with Gasteiger partial charge in [0.25, 0.3) is 0 Å². The molecule has 0 bridgehead atoms. The topological polar surface area (TPSA) is 43.7 Å². The highest BCUT2D eigenvalue weighted by Gasteiger charge is 2.35. The normalized spacial score (nSPS) is 20.1. The first-order chi connectivity index (χ1) is 13.0. The van der Waals surface area contributed by atoms with E-state index in [0.29, 0.717) is 12.0 Å².